The number of rotatable bonds is 2. The van der Waals surface area contributed by atoms with Crippen LogP contribution in [0.1, 0.15) is 24.5 Å². The normalized spacial score (nSPS) is 12.5. The first-order chi connectivity index (χ1) is 8.08. The predicted octanol–water partition coefficient (Wildman–Crippen LogP) is 2.61. The maximum atomic E-state index is 13.6. The van der Waals surface area contributed by atoms with E-state index in [0.29, 0.717) is 17.1 Å². The van der Waals surface area contributed by atoms with Gasteiger partial charge in [-0.15, -0.1) is 0 Å². The molecule has 0 aliphatic rings. The summed E-state index contributed by atoms with van der Waals surface area (Å²) >= 11 is 0. The van der Waals surface area contributed by atoms with Crippen molar-refractivity contribution in [2.75, 3.05) is 0 Å². The van der Waals surface area contributed by atoms with Crippen LogP contribution < -0.4 is 5.73 Å². The summed E-state index contributed by atoms with van der Waals surface area (Å²) in [6.07, 6.45) is 0. The van der Waals surface area contributed by atoms with Crippen molar-refractivity contribution in [2.24, 2.45) is 5.73 Å². The Labute approximate surface area is 99.5 Å². The zero-order chi connectivity index (χ0) is 12.4. The van der Waals surface area contributed by atoms with E-state index in [1.54, 1.807) is 31.2 Å². The first kappa shape index (κ1) is 11.7. The van der Waals surface area contributed by atoms with E-state index in [9.17, 15) is 4.39 Å². The standard InChI is InChI=1S/C13H14FN3/c1-8-7-12(17-13(16-8)9(2)15)10-5-3-4-6-11(10)14/h3-7,9H,15H2,1-2H3. The summed E-state index contributed by atoms with van der Waals surface area (Å²) in [4.78, 5) is 8.52. The minimum Gasteiger partial charge on any atom is -0.322 e. The van der Waals surface area contributed by atoms with Crippen LogP contribution in [0.3, 0.4) is 0 Å². The molecule has 0 radical (unpaired) electrons. The van der Waals surface area contributed by atoms with Gasteiger partial charge >= 0.3 is 0 Å². The number of hydrogen-bond acceptors (Lipinski definition) is 3. The van der Waals surface area contributed by atoms with Crippen LogP contribution in [0, 0.1) is 12.7 Å². The van der Waals surface area contributed by atoms with Crippen LogP contribution in [-0.2, 0) is 0 Å². The molecule has 1 aromatic carbocycles. The van der Waals surface area contributed by atoms with Crippen molar-refractivity contribution >= 4 is 0 Å². The first-order valence-electron chi connectivity index (χ1n) is 5.44. The lowest BCUT2D eigenvalue weighted by molar-refractivity contribution is 0.630. The van der Waals surface area contributed by atoms with E-state index >= 15 is 0 Å². The van der Waals surface area contributed by atoms with Crippen LogP contribution in [0.4, 0.5) is 4.39 Å². The van der Waals surface area contributed by atoms with Gasteiger partial charge in [0, 0.05) is 11.3 Å². The lowest BCUT2D eigenvalue weighted by atomic mass is 10.1. The van der Waals surface area contributed by atoms with Gasteiger partial charge in [0.2, 0.25) is 0 Å². The van der Waals surface area contributed by atoms with Gasteiger partial charge in [-0.1, -0.05) is 12.1 Å². The molecule has 17 heavy (non-hydrogen) atoms. The Bertz CT molecular complexity index is 538. The van der Waals surface area contributed by atoms with Crippen molar-refractivity contribution < 1.29 is 4.39 Å². The van der Waals surface area contributed by atoms with Crippen molar-refractivity contribution in [3.63, 3.8) is 0 Å². The fraction of sp³-hybridized carbons (Fsp3) is 0.231. The Kier molecular flexibility index (Phi) is 3.15. The average Bonchev–Trinajstić information content (AvgIpc) is 2.28. The molecule has 88 valence electrons. The third-order valence-corrected chi connectivity index (χ3v) is 2.43. The zero-order valence-electron chi connectivity index (χ0n) is 9.81. The van der Waals surface area contributed by atoms with Crippen molar-refractivity contribution in [1.82, 2.24) is 9.97 Å². The van der Waals surface area contributed by atoms with E-state index in [-0.39, 0.29) is 11.9 Å². The molecule has 2 aromatic rings. The number of aryl methyl sites for hydroxylation is 1. The molecule has 3 nitrogen and oxygen atoms in total. The highest BCUT2D eigenvalue weighted by Crippen LogP contribution is 2.21. The molecular formula is C13H14FN3. The van der Waals surface area contributed by atoms with Gasteiger partial charge in [-0.25, -0.2) is 14.4 Å². The molecule has 2 rings (SSSR count). The summed E-state index contributed by atoms with van der Waals surface area (Å²) in [7, 11) is 0. The Balaban J connectivity index is 2.56. The fourth-order valence-electron chi connectivity index (χ4n) is 1.60. The molecule has 0 saturated carbocycles. The van der Waals surface area contributed by atoms with E-state index in [1.165, 1.54) is 6.07 Å². The highest BCUT2D eigenvalue weighted by atomic mass is 19.1. The third kappa shape index (κ3) is 2.47. The number of benzene rings is 1. The number of hydrogen-bond donors (Lipinski definition) is 1. The highest BCUT2D eigenvalue weighted by Gasteiger charge is 2.10. The Morgan fingerprint density at radius 2 is 1.94 bits per heavy atom. The van der Waals surface area contributed by atoms with Crippen molar-refractivity contribution in [3.05, 3.63) is 47.7 Å². The second-order valence-electron chi connectivity index (χ2n) is 4.02. The van der Waals surface area contributed by atoms with Gasteiger partial charge in [0.25, 0.3) is 0 Å². The van der Waals surface area contributed by atoms with E-state index in [4.69, 9.17) is 5.73 Å². The topological polar surface area (TPSA) is 51.8 Å². The maximum Gasteiger partial charge on any atom is 0.145 e. The van der Waals surface area contributed by atoms with E-state index in [0.717, 1.165) is 5.69 Å². The van der Waals surface area contributed by atoms with Crippen LogP contribution in [0.5, 0.6) is 0 Å². The highest BCUT2D eigenvalue weighted by molar-refractivity contribution is 5.60. The van der Waals surface area contributed by atoms with Gasteiger partial charge in [-0.05, 0) is 32.0 Å². The van der Waals surface area contributed by atoms with Gasteiger partial charge < -0.3 is 5.73 Å². The minimum atomic E-state index is -0.291. The van der Waals surface area contributed by atoms with Crippen LogP contribution in [-0.4, -0.2) is 9.97 Å². The summed E-state index contributed by atoms with van der Waals surface area (Å²) in [5.74, 6) is 0.240. The molecule has 4 heteroatoms. The Hall–Kier alpha value is -1.81. The molecule has 0 aliphatic carbocycles. The fourth-order valence-corrected chi connectivity index (χ4v) is 1.60. The number of halogens is 1. The van der Waals surface area contributed by atoms with Crippen molar-refractivity contribution in [1.29, 1.82) is 0 Å². The molecule has 0 aliphatic heterocycles. The van der Waals surface area contributed by atoms with Gasteiger partial charge in [0.15, 0.2) is 0 Å². The molecular weight excluding hydrogens is 217 g/mol. The zero-order valence-corrected chi connectivity index (χ0v) is 9.81. The third-order valence-electron chi connectivity index (χ3n) is 2.43. The number of aromatic nitrogens is 2. The first-order valence-corrected chi connectivity index (χ1v) is 5.44. The maximum absolute atomic E-state index is 13.6. The van der Waals surface area contributed by atoms with Crippen LogP contribution >= 0.6 is 0 Å². The molecule has 0 saturated heterocycles. The molecule has 2 N–H and O–H groups in total. The largest absolute Gasteiger partial charge is 0.322 e. The molecule has 0 bridgehead atoms. The minimum absolute atomic E-state index is 0.263. The molecule has 0 spiro atoms. The molecule has 0 amide bonds. The summed E-state index contributed by atoms with van der Waals surface area (Å²) in [5.41, 5.74) is 7.58. The summed E-state index contributed by atoms with van der Waals surface area (Å²) in [6.45, 7) is 3.65. The number of nitrogens with two attached hydrogens (primary N) is 1. The summed E-state index contributed by atoms with van der Waals surface area (Å²) in [5, 5.41) is 0. The van der Waals surface area contributed by atoms with Crippen LogP contribution in [0.2, 0.25) is 0 Å². The van der Waals surface area contributed by atoms with Gasteiger partial charge in [0.05, 0.1) is 11.7 Å². The van der Waals surface area contributed by atoms with Gasteiger partial charge in [-0.2, -0.15) is 0 Å². The van der Waals surface area contributed by atoms with Crippen LogP contribution in [0.15, 0.2) is 30.3 Å². The van der Waals surface area contributed by atoms with E-state index in [2.05, 4.69) is 9.97 Å². The second kappa shape index (κ2) is 4.59. The molecule has 0 fully saturated rings. The van der Waals surface area contributed by atoms with E-state index < -0.39 is 0 Å². The Morgan fingerprint density at radius 1 is 1.24 bits per heavy atom. The number of nitrogens with zero attached hydrogens (tertiary/aromatic N) is 2. The van der Waals surface area contributed by atoms with Gasteiger partial charge in [-0.3, -0.25) is 0 Å². The lowest BCUT2D eigenvalue weighted by Gasteiger charge is -2.08. The second-order valence-corrected chi connectivity index (χ2v) is 4.02. The summed E-state index contributed by atoms with van der Waals surface area (Å²) < 4.78 is 13.6. The molecule has 1 heterocycles. The van der Waals surface area contributed by atoms with Crippen molar-refractivity contribution in [3.8, 4) is 11.3 Å². The quantitative estimate of drug-likeness (QED) is 0.864. The Morgan fingerprint density at radius 3 is 2.59 bits per heavy atom. The molecule has 1 atom stereocenters. The summed E-state index contributed by atoms with van der Waals surface area (Å²) in [6, 6.07) is 8.03. The van der Waals surface area contributed by atoms with Crippen molar-refractivity contribution in [2.45, 2.75) is 19.9 Å². The SMILES string of the molecule is Cc1cc(-c2ccccc2F)nc(C(C)N)n1. The molecule has 1 unspecified atom stereocenters. The van der Waals surface area contributed by atoms with Crippen LogP contribution in [0.25, 0.3) is 11.3 Å². The monoisotopic (exact) mass is 231 g/mol. The molecule has 1 aromatic heterocycles. The average molecular weight is 231 g/mol. The lowest BCUT2D eigenvalue weighted by Crippen LogP contribution is -2.11. The predicted molar refractivity (Wildman–Crippen MR) is 64.8 cm³/mol. The van der Waals surface area contributed by atoms with E-state index in [1.807, 2.05) is 6.92 Å². The van der Waals surface area contributed by atoms with Gasteiger partial charge in [0.1, 0.15) is 11.6 Å². The smallest absolute Gasteiger partial charge is 0.145 e.